The molecule has 1 aromatic heterocycles. The number of rotatable bonds is 6. The number of amides is 1. The fraction of sp³-hybridized carbons (Fsp3) is 0.417. The average Bonchev–Trinajstić information content (AvgIpc) is 2.81. The van der Waals surface area contributed by atoms with Crippen LogP contribution in [0.2, 0.25) is 0 Å². The number of likely N-dealkylation sites (N-methyl/N-ethyl adjacent to an activating group) is 1. The lowest BCUT2D eigenvalue weighted by molar-refractivity contribution is 0.0563. The van der Waals surface area contributed by atoms with Crippen LogP contribution in [0.15, 0.2) is 53.7 Å². The molecule has 1 amide bonds. The number of pyridine rings is 1. The summed E-state index contributed by atoms with van der Waals surface area (Å²) in [5, 5.41) is 9.74. The van der Waals surface area contributed by atoms with Gasteiger partial charge in [0.05, 0.1) is 13.2 Å². The van der Waals surface area contributed by atoms with Gasteiger partial charge in [0.1, 0.15) is 16.7 Å². The standard InChI is InChI=1S/C24H31N3O5S/c1-5-6-19-7-8-23-21(13-19)32-22(15-26(4)24(29)20-9-11-25-12-10-20)17(2)14-27(18(3)16-28)33(23,30)31/h5-13,17-18,22,28H,14-16H2,1-4H3/b6-5+/t17-,18-,22-/m1/s1. The first-order chi connectivity index (χ1) is 15.7. The van der Waals surface area contributed by atoms with E-state index in [-0.39, 0.29) is 42.2 Å². The van der Waals surface area contributed by atoms with Crippen molar-refractivity contribution >= 4 is 22.0 Å². The van der Waals surface area contributed by atoms with Crippen molar-refractivity contribution < 1.29 is 23.1 Å². The Kier molecular flexibility index (Phi) is 7.88. The van der Waals surface area contributed by atoms with Crippen LogP contribution in [0.4, 0.5) is 0 Å². The minimum atomic E-state index is -3.89. The van der Waals surface area contributed by atoms with Gasteiger partial charge >= 0.3 is 0 Å². The number of benzene rings is 1. The Labute approximate surface area is 195 Å². The molecule has 9 heteroatoms. The number of aromatic nitrogens is 1. The number of nitrogens with zero attached hydrogens (tertiary/aromatic N) is 3. The Morgan fingerprint density at radius 1 is 1.33 bits per heavy atom. The van der Waals surface area contributed by atoms with E-state index in [1.54, 1.807) is 55.5 Å². The smallest absolute Gasteiger partial charge is 0.253 e. The highest BCUT2D eigenvalue weighted by Gasteiger charge is 2.38. The maximum absolute atomic E-state index is 13.5. The van der Waals surface area contributed by atoms with Crippen molar-refractivity contribution in [2.75, 3.05) is 26.7 Å². The van der Waals surface area contributed by atoms with Gasteiger partial charge in [0.25, 0.3) is 5.91 Å². The van der Waals surface area contributed by atoms with Crippen molar-refractivity contribution in [3.63, 3.8) is 0 Å². The zero-order valence-corrected chi connectivity index (χ0v) is 20.2. The molecule has 1 aliphatic rings. The molecule has 0 spiro atoms. The van der Waals surface area contributed by atoms with E-state index in [2.05, 4.69) is 4.98 Å². The van der Waals surface area contributed by atoms with Crippen LogP contribution in [0.1, 0.15) is 36.7 Å². The maximum Gasteiger partial charge on any atom is 0.253 e. The third-order valence-electron chi connectivity index (χ3n) is 5.78. The van der Waals surface area contributed by atoms with Gasteiger partial charge in [-0.2, -0.15) is 4.31 Å². The van der Waals surface area contributed by atoms with Crippen molar-refractivity contribution in [1.29, 1.82) is 0 Å². The summed E-state index contributed by atoms with van der Waals surface area (Å²) in [6.07, 6.45) is 6.38. The summed E-state index contributed by atoms with van der Waals surface area (Å²) < 4.78 is 34.5. The summed E-state index contributed by atoms with van der Waals surface area (Å²) in [4.78, 5) is 18.5. The van der Waals surface area contributed by atoms with Crippen LogP contribution in [0, 0.1) is 5.92 Å². The SMILES string of the molecule is C/C=C/c1ccc2c(c1)O[C@H](CN(C)C(=O)c1ccncc1)[C@H](C)CN([C@H](C)CO)S2(=O)=O. The molecule has 1 N–H and O–H groups in total. The molecular formula is C24H31N3O5S. The van der Waals surface area contributed by atoms with Gasteiger partial charge in [-0.25, -0.2) is 8.42 Å². The summed E-state index contributed by atoms with van der Waals surface area (Å²) in [6, 6.07) is 7.66. The summed E-state index contributed by atoms with van der Waals surface area (Å²) in [7, 11) is -2.20. The second kappa shape index (κ2) is 10.5. The highest BCUT2D eigenvalue weighted by Crippen LogP contribution is 2.34. The minimum absolute atomic E-state index is 0.0519. The lowest BCUT2D eigenvalue weighted by Gasteiger charge is -2.37. The Balaban J connectivity index is 2.01. The predicted octanol–water partition coefficient (Wildman–Crippen LogP) is 2.66. The summed E-state index contributed by atoms with van der Waals surface area (Å²) >= 11 is 0. The number of ether oxygens (including phenoxy) is 1. The van der Waals surface area contributed by atoms with Gasteiger partial charge in [0, 0.05) is 43.5 Å². The Morgan fingerprint density at radius 2 is 2.03 bits per heavy atom. The molecule has 33 heavy (non-hydrogen) atoms. The topological polar surface area (TPSA) is 100 Å². The molecule has 0 saturated carbocycles. The number of allylic oxidation sites excluding steroid dienone is 1. The number of sulfonamides is 1. The molecule has 2 heterocycles. The molecule has 1 aliphatic heterocycles. The van der Waals surface area contributed by atoms with E-state index in [0.29, 0.717) is 5.56 Å². The number of hydrogen-bond acceptors (Lipinski definition) is 6. The third-order valence-corrected chi connectivity index (χ3v) is 7.80. The Hall–Kier alpha value is -2.75. The van der Waals surface area contributed by atoms with Gasteiger partial charge in [-0.15, -0.1) is 0 Å². The first kappa shape index (κ1) is 24.9. The van der Waals surface area contributed by atoms with E-state index in [1.807, 2.05) is 26.0 Å². The molecule has 1 aromatic carbocycles. The number of fused-ring (bicyclic) bond motifs is 1. The molecule has 3 atom stereocenters. The summed E-state index contributed by atoms with van der Waals surface area (Å²) in [5.41, 5.74) is 1.32. The number of carbonyl (C=O) groups excluding carboxylic acids is 1. The molecule has 2 aromatic rings. The van der Waals surface area contributed by atoms with Crippen molar-refractivity contribution in [3.8, 4) is 5.75 Å². The normalized spacial score (nSPS) is 21.5. The number of carbonyl (C=O) groups is 1. The molecule has 0 aliphatic carbocycles. The molecule has 8 nitrogen and oxygen atoms in total. The number of aliphatic hydroxyl groups is 1. The predicted molar refractivity (Wildman–Crippen MR) is 126 cm³/mol. The van der Waals surface area contributed by atoms with E-state index >= 15 is 0 Å². The van der Waals surface area contributed by atoms with Crippen LogP contribution < -0.4 is 4.74 Å². The highest BCUT2D eigenvalue weighted by molar-refractivity contribution is 7.89. The quantitative estimate of drug-likeness (QED) is 0.692. The number of aliphatic hydroxyl groups excluding tert-OH is 1. The first-order valence-corrected chi connectivity index (χ1v) is 12.3. The van der Waals surface area contributed by atoms with E-state index in [9.17, 15) is 18.3 Å². The maximum atomic E-state index is 13.5. The van der Waals surface area contributed by atoms with E-state index in [0.717, 1.165) is 5.56 Å². The molecule has 0 bridgehead atoms. The van der Waals surface area contributed by atoms with Gasteiger partial charge in [0.15, 0.2) is 0 Å². The Morgan fingerprint density at radius 3 is 2.67 bits per heavy atom. The molecular weight excluding hydrogens is 442 g/mol. The molecule has 178 valence electrons. The molecule has 3 rings (SSSR count). The van der Waals surface area contributed by atoms with Crippen molar-refractivity contribution in [2.45, 2.75) is 37.8 Å². The van der Waals surface area contributed by atoms with E-state index < -0.39 is 22.2 Å². The van der Waals surface area contributed by atoms with Gasteiger partial charge in [0.2, 0.25) is 10.0 Å². The molecule has 0 unspecified atom stereocenters. The molecule has 0 fully saturated rings. The van der Waals surface area contributed by atoms with Gasteiger partial charge in [-0.1, -0.05) is 25.1 Å². The van der Waals surface area contributed by atoms with Crippen LogP contribution in [0.3, 0.4) is 0 Å². The van der Waals surface area contributed by atoms with E-state index in [4.69, 9.17) is 4.74 Å². The fourth-order valence-electron chi connectivity index (χ4n) is 3.82. The van der Waals surface area contributed by atoms with Crippen LogP contribution in [-0.4, -0.2) is 72.5 Å². The average molecular weight is 474 g/mol. The van der Waals surface area contributed by atoms with Crippen molar-refractivity contribution in [2.24, 2.45) is 5.92 Å². The first-order valence-electron chi connectivity index (χ1n) is 10.9. The van der Waals surface area contributed by atoms with Gasteiger partial charge < -0.3 is 14.7 Å². The lowest BCUT2D eigenvalue weighted by atomic mass is 10.0. The van der Waals surface area contributed by atoms with Crippen molar-refractivity contribution in [3.05, 3.63) is 59.9 Å². The Bertz CT molecular complexity index is 1100. The van der Waals surface area contributed by atoms with Crippen LogP contribution >= 0.6 is 0 Å². The molecule has 0 saturated heterocycles. The largest absolute Gasteiger partial charge is 0.487 e. The second-order valence-corrected chi connectivity index (χ2v) is 10.2. The molecule has 0 radical (unpaired) electrons. The van der Waals surface area contributed by atoms with Crippen molar-refractivity contribution in [1.82, 2.24) is 14.2 Å². The second-order valence-electron chi connectivity index (χ2n) is 8.37. The van der Waals surface area contributed by atoms with E-state index in [1.165, 1.54) is 10.4 Å². The van der Waals surface area contributed by atoms with Crippen LogP contribution in [0.25, 0.3) is 6.08 Å². The highest BCUT2D eigenvalue weighted by atomic mass is 32.2. The van der Waals surface area contributed by atoms with Gasteiger partial charge in [-0.3, -0.25) is 9.78 Å². The van der Waals surface area contributed by atoms with Crippen LogP contribution in [0.5, 0.6) is 5.75 Å². The fourth-order valence-corrected chi connectivity index (χ4v) is 5.65. The minimum Gasteiger partial charge on any atom is -0.487 e. The lowest BCUT2D eigenvalue weighted by Crippen LogP contribution is -2.50. The zero-order chi connectivity index (χ0) is 24.2. The monoisotopic (exact) mass is 473 g/mol. The van der Waals surface area contributed by atoms with Gasteiger partial charge in [-0.05, 0) is 43.7 Å². The number of hydrogen-bond donors (Lipinski definition) is 1. The third kappa shape index (κ3) is 5.43. The zero-order valence-electron chi connectivity index (χ0n) is 19.4. The van der Waals surface area contributed by atoms with Crippen LogP contribution in [-0.2, 0) is 10.0 Å². The summed E-state index contributed by atoms with van der Waals surface area (Å²) in [5.74, 6) is -0.187. The summed E-state index contributed by atoms with van der Waals surface area (Å²) in [6.45, 7) is 5.56.